The van der Waals surface area contributed by atoms with Crippen molar-refractivity contribution in [2.24, 2.45) is 0 Å². The van der Waals surface area contributed by atoms with Gasteiger partial charge in [-0.15, -0.1) is 0 Å². The summed E-state index contributed by atoms with van der Waals surface area (Å²) < 4.78 is 17.2. The first-order valence-corrected chi connectivity index (χ1v) is 6.37. The number of ether oxygens (including phenoxy) is 3. The standard InChI is InChI=1S/C14H19BrO3/c1-9(15)10-7-12(16-5)13(17-6)8-11(10)18-14(2,3)4/h7-8H,1H2,2-6H3. The van der Waals surface area contributed by atoms with Gasteiger partial charge in [0.25, 0.3) is 0 Å². The van der Waals surface area contributed by atoms with Crippen LogP contribution in [0.25, 0.3) is 4.48 Å². The van der Waals surface area contributed by atoms with Gasteiger partial charge < -0.3 is 14.2 Å². The highest BCUT2D eigenvalue weighted by Crippen LogP contribution is 2.40. The van der Waals surface area contributed by atoms with Gasteiger partial charge in [0.1, 0.15) is 11.4 Å². The Morgan fingerprint density at radius 2 is 1.56 bits per heavy atom. The van der Waals surface area contributed by atoms with Crippen molar-refractivity contribution >= 4 is 20.4 Å². The monoisotopic (exact) mass is 314 g/mol. The minimum absolute atomic E-state index is 0.295. The van der Waals surface area contributed by atoms with E-state index in [0.717, 1.165) is 10.0 Å². The van der Waals surface area contributed by atoms with Gasteiger partial charge in [-0.25, -0.2) is 0 Å². The van der Waals surface area contributed by atoms with E-state index in [4.69, 9.17) is 14.2 Å². The number of methoxy groups -OCH3 is 2. The molecule has 0 aromatic heterocycles. The lowest BCUT2D eigenvalue weighted by atomic mass is 10.1. The van der Waals surface area contributed by atoms with Crippen molar-refractivity contribution in [2.45, 2.75) is 26.4 Å². The molecule has 1 rings (SSSR count). The molecule has 0 atom stereocenters. The van der Waals surface area contributed by atoms with Gasteiger partial charge in [-0.1, -0.05) is 22.5 Å². The molecule has 0 amide bonds. The van der Waals surface area contributed by atoms with E-state index < -0.39 is 0 Å². The molecule has 0 unspecified atom stereocenters. The number of rotatable bonds is 4. The Morgan fingerprint density at radius 3 is 1.94 bits per heavy atom. The third-order valence-corrected chi connectivity index (χ3v) is 2.62. The number of halogens is 1. The second-order valence-electron chi connectivity index (χ2n) is 4.82. The lowest BCUT2D eigenvalue weighted by Gasteiger charge is -2.24. The first kappa shape index (κ1) is 14.9. The van der Waals surface area contributed by atoms with Crippen LogP contribution in [0.15, 0.2) is 18.7 Å². The van der Waals surface area contributed by atoms with Gasteiger partial charge in [-0.2, -0.15) is 0 Å². The summed E-state index contributed by atoms with van der Waals surface area (Å²) in [5.74, 6) is 1.99. The fraction of sp³-hybridized carbons (Fsp3) is 0.429. The molecule has 0 spiro atoms. The molecular weight excluding hydrogens is 296 g/mol. The first-order valence-electron chi connectivity index (χ1n) is 5.58. The van der Waals surface area contributed by atoms with E-state index in [-0.39, 0.29) is 5.60 Å². The van der Waals surface area contributed by atoms with Crippen LogP contribution in [0.4, 0.5) is 0 Å². The zero-order chi connectivity index (χ0) is 13.9. The van der Waals surface area contributed by atoms with Gasteiger partial charge in [0.05, 0.1) is 14.2 Å². The molecule has 0 saturated carbocycles. The summed E-state index contributed by atoms with van der Waals surface area (Å²) in [5.41, 5.74) is 0.555. The molecule has 1 aromatic carbocycles. The van der Waals surface area contributed by atoms with Crippen LogP contribution in [0.5, 0.6) is 17.2 Å². The predicted molar refractivity (Wildman–Crippen MR) is 77.9 cm³/mol. The highest BCUT2D eigenvalue weighted by molar-refractivity contribution is 9.15. The summed E-state index contributed by atoms with van der Waals surface area (Å²) in [4.78, 5) is 0. The van der Waals surface area contributed by atoms with Crippen molar-refractivity contribution in [2.75, 3.05) is 14.2 Å². The van der Waals surface area contributed by atoms with Gasteiger partial charge in [-0.3, -0.25) is 0 Å². The molecule has 4 heteroatoms. The fourth-order valence-electron chi connectivity index (χ4n) is 1.49. The third-order valence-electron chi connectivity index (χ3n) is 2.19. The SMILES string of the molecule is C=C(Br)c1cc(OC)c(OC)cc1OC(C)(C)C. The average Bonchev–Trinajstić information content (AvgIpc) is 2.25. The van der Waals surface area contributed by atoms with Gasteiger partial charge in [0.15, 0.2) is 11.5 Å². The lowest BCUT2D eigenvalue weighted by molar-refractivity contribution is 0.130. The van der Waals surface area contributed by atoms with Crippen molar-refractivity contribution in [3.05, 3.63) is 24.3 Å². The Bertz CT molecular complexity index is 447. The molecule has 0 radical (unpaired) electrons. The van der Waals surface area contributed by atoms with Crippen molar-refractivity contribution in [3.63, 3.8) is 0 Å². The fourth-order valence-corrected chi connectivity index (χ4v) is 1.80. The van der Waals surface area contributed by atoms with Gasteiger partial charge in [-0.05, 0) is 26.8 Å². The summed E-state index contributed by atoms with van der Waals surface area (Å²) in [6.07, 6.45) is 0. The molecular formula is C14H19BrO3. The topological polar surface area (TPSA) is 27.7 Å². The summed E-state index contributed by atoms with van der Waals surface area (Å²) >= 11 is 3.38. The Hall–Kier alpha value is -1.16. The molecule has 1 aromatic rings. The highest BCUT2D eigenvalue weighted by atomic mass is 79.9. The molecule has 0 aliphatic heterocycles. The van der Waals surface area contributed by atoms with Crippen LogP contribution in [0.3, 0.4) is 0 Å². The van der Waals surface area contributed by atoms with E-state index in [1.807, 2.05) is 32.9 Å². The molecule has 0 bridgehead atoms. The number of benzene rings is 1. The Morgan fingerprint density at radius 1 is 1.06 bits per heavy atom. The molecule has 0 fully saturated rings. The van der Waals surface area contributed by atoms with Crippen LogP contribution >= 0.6 is 15.9 Å². The third kappa shape index (κ3) is 3.67. The second-order valence-corrected chi connectivity index (χ2v) is 5.78. The van der Waals surface area contributed by atoms with Crippen LogP contribution in [0.1, 0.15) is 26.3 Å². The average molecular weight is 315 g/mol. The van der Waals surface area contributed by atoms with Crippen LogP contribution in [-0.4, -0.2) is 19.8 Å². The van der Waals surface area contributed by atoms with Crippen molar-refractivity contribution < 1.29 is 14.2 Å². The maximum Gasteiger partial charge on any atom is 0.164 e. The van der Waals surface area contributed by atoms with Crippen LogP contribution in [-0.2, 0) is 0 Å². The Kier molecular flexibility index (Phi) is 4.68. The normalized spacial score (nSPS) is 11.0. The van der Waals surface area contributed by atoms with E-state index in [9.17, 15) is 0 Å². The Labute approximate surface area is 117 Å². The minimum Gasteiger partial charge on any atom is -0.493 e. The Balaban J connectivity index is 3.33. The number of hydrogen-bond donors (Lipinski definition) is 0. The quantitative estimate of drug-likeness (QED) is 0.831. The van der Waals surface area contributed by atoms with Crippen LogP contribution in [0, 0.1) is 0 Å². The van der Waals surface area contributed by atoms with Crippen molar-refractivity contribution in [3.8, 4) is 17.2 Å². The molecule has 0 saturated heterocycles. The predicted octanol–water partition coefficient (Wildman–Crippen LogP) is 4.25. The molecule has 18 heavy (non-hydrogen) atoms. The lowest BCUT2D eigenvalue weighted by Crippen LogP contribution is -2.23. The van der Waals surface area contributed by atoms with E-state index in [1.165, 1.54) is 0 Å². The van der Waals surface area contributed by atoms with E-state index in [0.29, 0.717) is 17.2 Å². The molecule has 0 aliphatic rings. The molecule has 0 aliphatic carbocycles. The largest absolute Gasteiger partial charge is 0.493 e. The highest BCUT2D eigenvalue weighted by Gasteiger charge is 2.18. The summed E-state index contributed by atoms with van der Waals surface area (Å²) in [7, 11) is 3.20. The van der Waals surface area contributed by atoms with Gasteiger partial charge in [0.2, 0.25) is 0 Å². The molecule has 0 N–H and O–H groups in total. The number of hydrogen-bond acceptors (Lipinski definition) is 3. The van der Waals surface area contributed by atoms with Gasteiger partial charge >= 0.3 is 0 Å². The van der Waals surface area contributed by atoms with Gasteiger partial charge in [0, 0.05) is 16.1 Å². The molecule has 3 nitrogen and oxygen atoms in total. The van der Waals surface area contributed by atoms with E-state index >= 15 is 0 Å². The minimum atomic E-state index is -0.295. The maximum atomic E-state index is 5.91. The molecule has 100 valence electrons. The van der Waals surface area contributed by atoms with E-state index in [1.54, 1.807) is 14.2 Å². The summed E-state index contributed by atoms with van der Waals surface area (Å²) in [6, 6.07) is 3.66. The van der Waals surface area contributed by atoms with Crippen LogP contribution in [0.2, 0.25) is 0 Å². The van der Waals surface area contributed by atoms with Crippen LogP contribution < -0.4 is 14.2 Å². The summed E-state index contributed by atoms with van der Waals surface area (Å²) in [5, 5.41) is 0. The smallest absolute Gasteiger partial charge is 0.164 e. The zero-order valence-electron chi connectivity index (χ0n) is 11.5. The second kappa shape index (κ2) is 5.65. The maximum absolute atomic E-state index is 5.91. The first-order chi connectivity index (χ1) is 8.28. The van der Waals surface area contributed by atoms with E-state index in [2.05, 4.69) is 22.5 Å². The van der Waals surface area contributed by atoms with Crippen molar-refractivity contribution in [1.82, 2.24) is 0 Å². The summed E-state index contributed by atoms with van der Waals surface area (Å²) in [6.45, 7) is 9.86. The molecule has 0 heterocycles. The zero-order valence-corrected chi connectivity index (χ0v) is 13.1. The van der Waals surface area contributed by atoms with Crippen molar-refractivity contribution in [1.29, 1.82) is 0 Å².